The fourth-order valence-corrected chi connectivity index (χ4v) is 3.42. The molecule has 1 heterocycles. The van der Waals surface area contributed by atoms with Gasteiger partial charge in [0.15, 0.2) is 17.6 Å². The van der Waals surface area contributed by atoms with Crippen molar-refractivity contribution >= 4 is 0 Å². The van der Waals surface area contributed by atoms with E-state index in [1.807, 2.05) is 72.8 Å². The first-order valence-corrected chi connectivity index (χ1v) is 10.5. The average Bonchev–Trinajstić information content (AvgIpc) is 2.87. The molecule has 32 heavy (non-hydrogen) atoms. The maximum atomic E-state index is 11.1. The summed E-state index contributed by atoms with van der Waals surface area (Å²) in [7, 11) is 1.58. The molecule has 0 radical (unpaired) electrons. The van der Waals surface area contributed by atoms with E-state index in [1.54, 1.807) is 31.6 Å². The van der Waals surface area contributed by atoms with Crippen LogP contribution < -0.4 is 9.47 Å². The third-order valence-electron chi connectivity index (χ3n) is 5.15. The summed E-state index contributed by atoms with van der Waals surface area (Å²) in [6, 6.07) is 25.2. The summed E-state index contributed by atoms with van der Waals surface area (Å²) in [5, 5.41) is 11.1. The highest BCUT2D eigenvalue weighted by Crippen LogP contribution is 2.34. The Bertz CT molecular complexity index is 1060. The number of allylic oxidation sites excluding steroid dienone is 2. The highest BCUT2D eigenvalue weighted by atomic mass is 16.5. The predicted molar refractivity (Wildman–Crippen MR) is 122 cm³/mol. The summed E-state index contributed by atoms with van der Waals surface area (Å²) in [4.78, 5) is 0. The van der Waals surface area contributed by atoms with Gasteiger partial charge in [-0.3, -0.25) is 0 Å². The SMILES string of the molecule is COc1cc(C(O)C2OC=CC=C2OCc2ccccc2)ccc1OCc1ccccc1. The normalized spacial score (nSPS) is 15.9. The van der Waals surface area contributed by atoms with Gasteiger partial charge in [-0.15, -0.1) is 0 Å². The van der Waals surface area contributed by atoms with E-state index in [0.29, 0.717) is 36.0 Å². The van der Waals surface area contributed by atoms with Gasteiger partial charge in [0.1, 0.15) is 25.1 Å². The fourth-order valence-electron chi connectivity index (χ4n) is 3.42. The minimum Gasteiger partial charge on any atom is -0.493 e. The Hall–Kier alpha value is -3.70. The van der Waals surface area contributed by atoms with Crippen LogP contribution in [-0.4, -0.2) is 18.3 Å². The molecule has 0 aliphatic carbocycles. The molecule has 5 nitrogen and oxygen atoms in total. The van der Waals surface area contributed by atoms with E-state index in [9.17, 15) is 5.11 Å². The van der Waals surface area contributed by atoms with Gasteiger partial charge in [0.2, 0.25) is 0 Å². The molecular weight excluding hydrogens is 404 g/mol. The van der Waals surface area contributed by atoms with Gasteiger partial charge in [0.25, 0.3) is 0 Å². The smallest absolute Gasteiger partial charge is 0.184 e. The highest BCUT2D eigenvalue weighted by Gasteiger charge is 2.29. The van der Waals surface area contributed by atoms with Gasteiger partial charge >= 0.3 is 0 Å². The molecule has 0 saturated heterocycles. The van der Waals surface area contributed by atoms with Crippen molar-refractivity contribution in [3.8, 4) is 11.5 Å². The zero-order valence-electron chi connectivity index (χ0n) is 17.9. The first-order valence-electron chi connectivity index (χ1n) is 10.5. The van der Waals surface area contributed by atoms with E-state index < -0.39 is 12.2 Å². The standard InChI is InChI=1S/C27H26O5/c1-29-25-17-22(14-15-23(25)31-18-20-9-4-2-5-10-20)26(28)27-24(13-8-16-30-27)32-19-21-11-6-3-7-12-21/h2-17,26-28H,18-19H2,1H3. The minimum absolute atomic E-state index is 0.392. The summed E-state index contributed by atoms with van der Waals surface area (Å²) in [5.41, 5.74) is 2.74. The minimum atomic E-state index is -0.945. The van der Waals surface area contributed by atoms with Crippen molar-refractivity contribution < 1.29 is 24.1 Å². The van der Waals surface area contributed by atoms with Crippen LogP contribution in [-0.2, 0) is 22.7 Å². The van der Waals surface area contributed by atoms with Crippen molar-refractivity contribution in [3.05, 3.63) is 120 Å². The average molecular weight is 431 g/mol. The molecule has 2 atom stereocenters. The summed E-state index contributed by atoms with van der Waals surface area (Å²) in [6.07, 6.45) is 3.51. The molecule has 0 spiro atoms. The second-order valence-corrected chi connectivity index (χ2v) is 7.36. The Morgan fingerprint density at radius 1 is 0.844 bits per heavy atom. The van der Waals surface area contributed by atoms with Gasteiger partial charge in [-0.1, -0.05) is 66.7 Å². The first kappa shape index (κ1) is 21.5. The van der Waals surface area contributed by atoms with Gasteiger partial charge < -0.3 is 24.1 Å². The lowest BCUT2D eigenvalue weighted by molar-refractivity contribution is -0.0129. The molecule has 4 rings (SSSR count). The van der Waals surface area contributed by atoms with Crippen LogP contribution in [0.15, 0.2) is 103 Å². The molecule has 0 saturated carbocycles. The quantitative estimate of drug-likeness (QED) is 0.498. The Kier molecular flexibility index (Phi) is 7.10. The molecule has 1 aliphatic heterocycles. The summed E-state index contributed by atoms with van der Waals surface area (Å²) in [5.74, 6) is 1.71. The molecule has 1 N–H and O–H groups in total. The van der Waals surface area contributed by atoms with Crippen LogP contribution in [0.1, 0.15) is 22.8 Å². The molecule has 1 aliphatic rings. The number of rotatable bonds is 9. The monoisotopic (exact) mass is 430 g/mol. The van der Waals surface area contributed by atoms with Gasteiger partial charge in [0.05, 0.1) is 13.4 Å². The van der Waals surface area contributed by atoms with E-state index in [0.717, 1.165) is 11.1 Å². The van der Waals surface area contributed by atoms with Crippen LogP contribution in [0.2, 0.25) is 0 Å². The topological polar surface area (TPSA) is 57.2 Å². The van der Waals surface area contributed by atoms with E-state index in [-0.39, 0.29) is 0 Å². The lowest BCUT2D eigenvalue weighted by Gasteiger charge is -2.27. The molecule has 0 aromatic heterocycles. The van der Waals surface area contributed by atoms with Crippen molar-refractivity contribution in [2.75, 3.05) is 7.11 Å². The number of methoxy groups -OCH3 is 1. The van der Waals surface area contributed by atoms with Crippen molar-refractivity contribution in [3.63, 3.8) is 0 Å². The number of hydrogen-bond donors (Lipinski definition) is 1. The number of benzene rings is 3. The lowest BCUT2D eigenvalue weighted by atomic mass is 10.0. The molecule has 2 unspecified atom stereocenters. The maximum Gasteiger partial charge on any atom is 0.184 e. The summed E-state index contributed by atoms with van der Waals surface area (Å²) >= 11 is 0. The summed E-state index contributed by atoms with van der Waals surface area (Å²) < 4.78 is 23.1. The third-order valence-corrected chi connectivity index (χ3v) is 5.15. The molecular formula is C27H26O5. The molecule has 0 bridgehead atoms. The van der Waals surface area contributed by atoms with Crippen LogP contribution in [0, 0.1) is 0 Å². The molecule has 3 aromatic carbocycles. The van der Waals surface area contributed by atoms with Crippen LogP contribution in [0.3, 0.4) is 0 Å². The number of aliphatic hydroxyl groups is 1. The van der Waals surface area contributed by atoms with Crippen molar-refractivity contribution in [1.29, 1.82) is 0 Å². The predicted octanol–water partition coefficient (Wildman–Crippen LogP) is 5.32. The van der Waals surface area contributed by atoms with Crippen LogP contribution in [0.5, 0.6) is 11.5 Å². The van der Waals surface area contributed by atoms with E-state index in [4.69, 9.17) is 18.9 Å². The molecule has 0 fully saturated rings. The molecule has 3 aromatic rings. The Morgan fingerprint density at radius 2 is 1.50 bits per heavy atom. The Balaban J connectivity index is 1.45. The van der Waals surface area contributed by atoms with Gasteiger partial charge in [0, 0.05) is 0 Å². The highest BCUT2D eigenvalue weighted by molar-refractivity contribution is 5.44. The van der Waals surface area contributed by atoms with E-state index in [2.05, 4.69) is 0 Å². The number of hydrogen-bond acceptors (Lipinski definition) is 5. The van der Waals surface area contributed by atoms with E-state index >= 15 is 0 Å². The number of aliphatic hydroxyl groups excluding tert-OH is 1. The summed E-state index contributed by atoms with van der Waals surface area (Å²) in [6.45, 7) is 0.818. The van der Waals surface area contributed by atoms with Crippen LogP contribution in [0.25, 0.3) is 0 Å². The molecule has 5 heteroatoms. The third kappa shape index (κ3) is 5.31. The second-order valence-electron chi connectivity index (χ2n) is 7.36. The zero-order valence-corrected chi connectivity index (χ0v) is 17.9. The molecule has 164 valence electrons. The van der Waals surface area contributed by atoms with Crippen LogP contribution in [0.4, 0.5) is 0 Å². The molecule has 0 amide bonds. The fraction of sp³-hybridized carbons (Fsp3) is 0.185. The van der Waals surface area contributed by atoms with Gasteiger partial charge in [-0.05, 0) is 41.0 Å². The number of ether oxygens (including phenoxy) is 4. The Morgan fingerprint density at radius 3 is 2.16 bits per heavy atom. The lowest BCUT2D eigenvalue weighted by Crippen LogP contribution is -2.26. The van der Waals surface area contributed by atoms with Gasteiger partial charge in [-0.25, -0.2) is 0 Å². The Labute approximate surface area is 188 Å². The van der Waals surface area contributed by atoms with E-state index in [1.165, 1.54) is 0 Å². The zero-order chi connectivity index (χ0) is 22.2. The van der Waals surface area contributed by atoms with Crippen LogP contribution >= 0.6 is 0 Å². The van der Waals surface area contributed by atoms with Gasteiger partial charge in [-0.2, -0.15) is 0 Å². The second kappa shape index (κ2) is 10.6. The van der Waals surface area contributed by atoms with Crippen molar-refractivity contribution in [1.82, 2.24) is 0 Å². The first-order chi connectivity index (χ1) is 15.7. The van der Waals surface area contributed by atoms with Crippen molar-refractivity contribution in [2.24, 2.45) is 0 Å². The maximum absolute atomic E-state index is 11.1. The van der Waals surface area contributed by atoms with Crippen molar-refractivity contribution in [2.45, 2.75) is 25.4 Å². The largest absolute Gasteiger partial charge is 0.493 e.